The summed E-state index contributed by atoms with van der Waals surface area (Å²) in [7, 11) is 3.18. The van der Waals surface area contributed by atoms with Crippen molar-refractivity contribution in [2.24, 2.45) is 0 Å². The first-order valence-electron chi connectivity index (χ1n) is 8.17. The molecule has 2 heterocycles. The Kier molecular flexibility index (Phi) is 5.08. The Bertz CT molecular complexity index is 793. The van der Waals surface area contributed by atoms with E-state index in [1.807, 2.05) is 13.0 Å². The lowest BCUT2D eigenvalue weighted by Gasteiger charge is -2.27. The Morgan fingerprint density at radius 3 is 2.60 bits per heavy atom. The fraction of sp³-hybridized carbons (Fsp3) is 0.412. The van der Waals surface area contributed by atoms with Gasteiger partial charge in [-0.05, 0) is 19.1 Å². The quantitative estimate of drug-likeness (QED) is 0.766. The minimum absolute atomic E-state index is 0.420. The molecule has 134 valence electrons. The highest BCUT2D eigenvalue weighted by Crippen LogP contribution is 2.34. The van der Waals surface area contributed by atoms with Gasteiger partial charge >= 0.3 is 0 Å². The number of ether oxygens (including phenoxy) is 2. The first-order valence-corrected chi connectivity index (χ1v) is 8.17. The second-order valence-corrected chi connectivity index (χ2v) is 5.59. The van der Waals surface area contributed by atoms with Crippen LogP contribution in [0, 0.1) is 0 Å². The minimum atomic E-state index is 0.420. The first kappa shape index (κ1) is 17.1. The molecule has 8 heteroatoms. The number of hydrogen-bond acceptors (Lipinski definition) is 8. The molecule has 0 spiro atoms. The van der Waals surface area contributed by atoms with Gasteiger partial charge in [0, 0.05) is 36.7 Å². The molecule has 3 rings (SSSR count). The molecule has 0 fully saturated rings. The van der Waals surface area contributed by atoms with Gasteiger partial charge in [0.25, 0.3) is 0 Å². The van der Waals surface area contributed by atoms with Crippen LogP contribution in [-0.4, -0.2) is 43.9 Å². The molecule has 1 aliphatic heterocycles. The number of aromatic nitrogens is 2. The van der Waals surface area contributed by atoms with Crippen LogP contribution in [0.3, 0.4) is 0 Å². The average molecular weight is 345 g/mol. The van der Waals surface area contributed by atoms with Gasteiger partial charge in [-0.15, -0.1) is 0 Å². The lowest BCUT2D eigenvalue weighted by Crippen LogP contribution is -2.33. The zero-order valence-electron chi connectivity index (χ0n) is 14.7. The molecule has 0 aliphatic carbocycles. The molecule has 0 amide bonds. The van der Waals surface area contributed by atoms with Gasteiger partial charge in [-0.2, -0.15) is 4.98 Å². The summed E-state index contributed by atoms with van der Waals surface area (Å²) >= 11 is 0. The van der Waals surface area contributed by atoms with E-state index in [1.165, 1.54) is 0 Å². The highest BCUT2D eigenvalue weighted by molar-refractivity contribution is 5.91. The zero-order chi connectivity index (χ0) is 17.8. The third kappa shape index (κ3) is 3.53. The van der Waals surface area contributed by atoms with Crippen LogP contribution in [-0.2, 0) is 4.84 Å². The Labute approximate surface area is 146 Å². The number of nitrogens with one attached hydrogen (secondary N) is 1. The summed E-state index contributed by atoms with van der Waals surface area (Å²) in [4.78, 5) is 16.4. The highest BCUT2D eigenvalue weighted by atomic mass is 16.6. The summed E-state index contributed by atoms with van der Waals surface area (Å²) in [6, 6.07) is 3.62. The summed E-state index contributed by atoms with van der Waals surface area (Å²) in [5, 5.41) is 0.743. The summed E-state index contributed by atoms with van der Waals surface area (Å²) in [6.45, 7) is 4.03. The monoisotopic (exact) mass is 345 g/mol. The molecular formula is C17H23N5O3. The van der Waals surface area contributed by atoms with Crippen LogP contribution in [0.2, 0.25) is 0 Å². The Hall–Kier alpha value is -2.74. The molecule has 25 heavy (non-hydrogen) atoms. The normalized spacial score (nSPS) is 14.4. The average Bonchev–Trinajstić information content (AvgIpc) is 2.65. The predicted octanol–water partition coefficient (Wildman–Crippen LogP) is 1.86. The third-order valence-electron chi connectivity index (χ3n) is 4.06. The Morgan fingerprint density at radius 1 is 1.20 bits per heavy atom. The number of methoxy groups -OCH3 is 2. The molecule has 0 saturated carbocycles. The summed E-state index contributed by atoms with van der Waals surface area (Å²) < 4.78 is 10.7. The van der Waals surface area contributed by atoms with Crippen molar-refractivity contribution in [3.05, 3.63) is 23.9 Å². The van der Waals surface area contributed by atoms with Gasteiger partial charge in [0.1, 0.15) is 5.82 Å². The number of hydroxylamine groups is 1. The lowest BCUT2D eigenvalue weighted by atomic mass is 10.2. The van der Waals surface area contributed by atoms with Crippen molar-refractivity contribution in [1.29, 1.82) is 0 Å². The van der Waals surface area contributed by atoms with Crippen LogP contribution < -0.4 is 25.6 Å². The van der Waals surface area contributed by atoms with Gasteiger partial charge in [-0.25, -0.2) is 4.98 Å². The van der Waals surface area contributed by atoms with E-state index in [2.05, 4.69) is 26.4 Å². The fourth-order valence-electron chi connectivity index (χ4n) is 2.72. The van der Waals surface area contributed by atoms with Crippen LogP contribution in [0.15, 0.2) is 23.9 Å². The molecule has 0 atom stereocenters. The summed E-state index contributed by atoms with van der Waals surface area (Å²) in [5.41, 5.74) is 10.9. The van der Waals surface area contributed by atoms with Crippen LogP contribution in [0.5, 0.6) is 11.5 Å². The predicted molar refractivity (Wildman–Crippen MR) is 96.7 cm³/mol. The zero-order valence-corrected chi connectivity index (χ0v) is 14.7. The molecule has 1 aliphatic rings. The van der Waals surface area contributed by atoms with Crippen molar-refractivity contribution in [1.82, 2.24) is 15.4 Å². The maximum absolute atomic E-state index is 6.15. The van der Waals surface area contributed by atoms with Gasteiger partial charge in [-0.3, -0.25) is 10.3 Å². The van der Waals surface area contributed by atoms with Gasteiger partial charge in [-0.1, -0.05) is 0 Å². The van der Waals surface area contributed by atoms with E-state index in [4.69, 9.17) is 20.0 Å². The standard InChI is InChI=1S/C17H23N5O3/c1-4-25-21-11-5-7-22(8-6-11)17-19-13-10-15(24-3)14(23-2)9-12(13)16(18)20-17/h5,9-10,21H,4,6-8H2,1-3H3,(H2,18,19,20). The molecule has 1 aromatic heterocycles. The number of benzene rings is 1. The molecule has 8 nitrogen and oxygen atoms in total. The van der Waals surface area contributed by atoms with Gasteiger partial charge in [0.15, 0.2) is 11.5 Å². The molecule has 2 aromatic rings. The summed E-state index contributed by atoms with van der Waals surface area (Å²) in [6.07, 6.45) is 2.89. The van der Waals surface area contributed by atoms with E-state index in [0.717, 1.165) is 29.6 Å². The topological polar surface area (TPSA) is 94.8 Å². The van der Waals surface area contributed by atoms with Crippen LogP contribution in [0.4, 0.5) is 11.8 Å². The number of hydrogen-bond donors (Lipinski definition) is 2. The maximum Gasteiger partial charge on any atom is 0.228 e. The SMILES string of the molecule is CCONC1=CCN(c2nc(N)c3cc(OC)c(OC)cc3n2)CC1. The van der Waals surface area contributed by atoms with E-state index in [0.29, 0.717) is 36.4 Å². The van der Waals surface area contributed by atoms with Crippen molar-refractivity contribution in [2.75, 3.05) is 44.5 Å². The molecule has 1 aromatic carbocycles. The van der Waals surface area contributed by atoms with Crippen molar-refractivity contribution in [3.63, 3.8) is 0 Å². The van der Waals surface area contributed by atoms with E-state index in [-0.39, 0.29) is 0 Å². The second-order valence-electron chi connectivity index (χ2n) is 5.59. The van der Waals surface area contributed by atoms with E-state index in [9.17, 15) is 0 Å². The smallest absolute Gasteiger partial charge is 0.228 e. The number of fused-ring (bicyclic) bond motifs is 1. The summed E-state index contributed by atoms with van der Waals surface area (Å²) in [5.74, 6) is 2.23. The number of nitrogens with zero attached hydrogens (tertiary/aromatic N) is 3. The van der Waals surface area contributed by atoms with Crippen LogP contribution in [0.1, 0.15) is 13.3 Å². The Balaban J connectivity index is 1.89. The molecular weight excluding hydrogens is 322 g/mol. The molecule has 0 bridgehead atoms. The highest BCUT2D eigenvalue weighted by Gasteiger charge is 2.18. The van der Waals surface area contributed by atoms with E-state index >= 15 is 0 Å². The maximum atomic E-state index is 6.15. The third-order valence-corrected chi connectivity index (χ3v) is 4.06. The van der Waals surface area contributed by atoms with Gasteiger partial charge in [0.2, 0.25) is 5.95 Å². The number of anilines is 2. The van der Waals surface area contributed by atoms with Gasteiger partial charge in [0.05, 0.1) is 26.3 Å². The largest absolute Gasteiger partial charge is 0.493 e. The fourth-order valence-corrected chi connectivity index (χ4v) is 2.72. The van der Waals surface area contributed by atoms with Crippen molar-refractivity contribution in [3.8, 4) is 11.5 Å². The van der Waals surface area contributed by atoms with Gasteiger partial charge < -0.3 is 20.1 Å². The first-order chi connectivity index (χ1) is 12.2. The van der Waals surface area contributed by atoms with Crippen molar-refractivity contribution in [2.45, 2.75) is 13.3 Å². The molecule has 3 N–H and O–H groups in total. The van der Waals surface area contributed by atoms with E-state index in [1.54, 1.807) is 20.3 Å². The number of nitrogen functional groups attached to an aromatic ring is 1. The van der Waals surface area contributed by atoms with E-state index < -0.39 is 0 Å². The van der Waals surface area contributed by atoms with Crippen molar-refractivity contribution < 1.29 is 14.3 Å². The second kappa shape index (κ2) is 7.43. The molecule has 0 saturated heterocycles. The molecule has 0 unspecified atom stereocenters. The number of rotatable bonds is 6. The number of nitrogens with two attached hydrogens (primary N) is 1. The van der Waals surface area contributed by atoms with Crippen molar-refractivity contribution >= 4 is 22.7 Å². The molecule has 0 radical (unpaired) electrons. The Morgan fingerprint density at radius 2 is 1.96 bits per heavy atom. The van der Waals surface area contributed by atoms with Crippen LogP contribution >= 0.6 is 0 Å². The minimum Gasteiger partial charge on any atom is -0.493 e. The van der Waals surface area contributed by atoms with Crippen LogP contribution in [0.25, 0.3) is 10.9 Å². The lowest BCUT2D eigenvalue weighted by molar-refractivity contribution is 0.0706.